The molecule has 0 fully saturated rings. The van der Waals surface area contributed by atoms with Crippen LogP contribution in [0.4, 0.5) is 5.69 Å². The highest BCUT2D eigenvalue weighted by molar-refractivity contribution is 9.10. The summed E-state index contributed by atoms with van der Waals surface area (Å²) in [5, 5.41) is 0. The van der Waals surface area contributed by atoms with Crippen LogP contribution in [0.15, 0.2) is 56.5 Å². The minimum Gasteiger partial charge on any atom is -0.448 e. The van der Waals surface area contributed by atoms with Gasteiger partial charge in [-0.15, -0.1) is 0 Å². The van der Waals surface area contributed by atoms with Gasteiger partial charge in [0.15, 0.2) is 4.67 Å². The molecule has 2 rings (SSSR count). The molecule has 0 saturated heterocycles. The standard InChI is InChI=1S/C11H8BrNO/c12-11-7-6-10(14-11)8-13-9-4-2-1-3-5-9/h1-8H. The topological polar surface area (TPSA) is 25.5 Å². The quantitative estimate of drug-likeness (QED) is 0.744. The van der Waals surface area contributed by atoms with Crippen LogP contribution in [0.25, 0.3) is 0 Å². The average Bonchev–Trinajstić information content (AvgIpc) is 2.63. The van der Waals surface area contributed by atoms with Crippen LogP contribution in [-0.4, -0.2) is 6.21 Å². The van der Waals surface area contributed by atoms with Crippen LogP contribution in [0.5, 0.6) is 0 Å². The van der Waals surface area contributed by atoms with E-state index in [9.17, 15) is 0 Å². The molecule has 0 N–H and O–H groups in total. The fraction of sp³-hybridized carbons (Fsp3) is 0. The lowest BCUT2D eigenvalue weighted by molar-refractivity contribution is 0.535. The van der Waals surface area contributed by atoms with E-state index in [0.717, 1.165) is 11.4 Å². The molecule has 1 aromatic heterocycles. The molecule has 14 heavy (non-hydrogen) atoms. The molecule has 0 unspecified atom stereocenters. The Hall–Kier alpha value is -1.35. The van der Waals surface area contributed by atoms with Gasteiger partial charge in [-0.25, -0.2) is 0 Å². The summed E-state index contributed by atoms with van der Waals surface area (Å²) in [4.78, 5) is 4.25. The molecular formula is C11H8BrNO. The second-order valence-electron chi connectivity index (χ2n) is 2.74. The van der Waals surface area contributed by atoms with Crippen molar-refractivity contribution in [2.24, 2.45) is 4.99 Å². The first kappa shape index (κ1) is 9.21. The van der Waals surface area contributed by atoms with Crippen molar-refractivity contribution in [2.45, 2.75) is 0 Å². The SMILES string of the molecule is Brc1ccc(C=Nc2ccccc2)o1. The fourth-order valence-electron chi connectivity index (χ4n) is 1.05. The Kier molecular flexibility index (Phi) is 2.79. The Bertz CT molecular complexity index is 434. The number of para-hydroxylation sites is 1. The van der Waals surface area contributed by atoms with E-state index < -0.39 is 0 Å². The second-order valence-corrected chi connectivity index (χ2v) is 3.52. The molecule has 0 saturated carbocycles. The van der Waals surface area contributed by atoms with Crippen LogP contribution in [0.3, 0.4) is 0 Å². The number of rotatable bonds is 2. The van der Waals surface area contributed by atoms with Crippen molar-refractivity contribution in [3.8, 4) is 0 Å². The minimum atomic E-state index is 0.715. The Labute approximate surface area is 90.4 Å². The summed E-state index contributed by atoms with van der Waals surface area (Å²) in [5.41, 5.74) is 0.917. The highest BCUT2D eigenvalue weighted by Gasteiger charge is 1.94. The van der Waals surface area contributed by atoms with Crippen molar-refractivity contribution in [2.75, 3.05) is 0 Å². The molecule has 2 nitrogen and oxygen atoms in total. The smallest absolute Gasteiger partial charge is 0.169 e. The normalized spacial score (nSPS) is 10.9. The zero-order valence-electron chi connectivity index (χ0n) is 7.35. The monoisotopic (exact) mass is 249 g/mol. The first-order valence-electron chi connectivity index (χ1n) is 4.19. The van der Waals surface area contributed by atoms with Gasteiger partial charge >= 0.3 is 0 Å². The summed E-state index contributed by atoms with van der Waals surface area (Å²) in [6.07, 6.45) is 1.69. The number of benzene rings is 1. The van der Waals surface area contributed by atoms with E-state index in [1.165, 1.54) is 0 Å². The Morgan fingerprint density at radius 3 is 2.50 bits per heavy atom. The number of aliphatic imine (C=N–C) groups is 1. The number of hydrogen-bond donors (Lipinski definition) is 0. The van der Waals surface area contributed by atoms with E-state index in [0.29, 0.717) is 4.67 Å². The first-order chi connectivity index (χ1) is 6.84. The van der Waals surface area contributed by atoms with Gasteiger partial charge in [0.25, 0.3) is 0 Å². The highest BCUT2D eigenvalue weighted by Crippen LogP contribution is 2.14. The van der Waals surface area contributed by atoms with Crippen molar-refractivity contribution in [3.05, 3.63) is 52.9 Å². The molecule has 3 heteroatoms. The van der Waals surface area contributed by atoms with Crippen LogP contribution in [-0.2, 0) is 0 Å². The van der Waals surface area contributed by atoms with Gasteiger partial charge in [0.1, 0.15) is 5.76 Å². The van der Waals surface area contributed by atoms with Gasteiger partial charge in [0, 0.05) is 0 Å². The molecular weight excluding hydrogens is 242 g/mol. The van der Waals surface area contributed by atoms with E-state index in [4.69, 9.17) is 4.42 Å². The predicted octanol–water partition coefficient (Wildman–Crippen LogP) is 3.79. The molecule has 0 aliphatic carbocycles. The molecule has 0 amide bonds. The van der Waals surface area contributed by atoms with Crippen LogP contribution >= 0.6 is 15.9 Å². The summed E-state index contributed by atoms with van der Waals surface area (Å²) < 4.78 is 5.99. The van der Waals surface area contributed by atoms with E-state index in [1.807, 2.05) is 42.5 Å². The highest BCUT2D eigenvalue weighted by atomic mass is 79.9. The zero-order valence-corrected chi connectivity index (χ0v) is 8.94. The molecule has 70 valence electrons. The molecule has 2 aromatic rings. The average molecular weight is 250 g/mol. The summed E-state index contributed by atoms with van der Waals surface area (Å²) in [6.45, 7) is 0. The van der Waals surface area contributed by atoms with Crippen LogP contribution in [0.1, 0.15) is 5.76 Å². The second kappa shape index (κ2) is 4.24. The molecule has 0 aliphatic rings. The maximum atomic E-state index is 5.27. The van der Waals surface area contributed by atoms with Crippen LogP contribution in [0.2, 0.25) is 0 Å². The van der Waals surface area contributed by atoms with Gasteiger partial charge in [0.05, 0.1) is 11.9 Å². The van der Waals surface area contributed by atoms with Crippen LogP contribution < -0.4 is 0 Å². The Balaban J connectivity index is 2.15. The van der Waals surface area contributed by atoms with E-state index in [1.54, 1.807) is 6.21 Å². The Morgan fingerprint density at radius 2 is 1.86 bits per heavy atom. The number of furan rings is 1. The van der Waals surface area contributed by atoms with Gasteiger partial charge in [0.2, 0.25) is 0 Å². The summed E-state index contributed by atoms with van der Waals surface area (Å²) in [6, 6.07) is 13.4. The van der Waals surface area contributed by atoms with Crippen molar-refractivity contribution in [1.82, 2.24) is 0 Å². The molecule has 1 aromatic carbocycles. The lowest BCUT2D eigenvalue weighted by atomic mass is 10.3. The summed E-state index contributed by atoms with van der Waals surface area (Å²) in [5.74, 6) is 0.737. The van der Waals surface area contributed by atoms with Gasteiger partial charge < -0.3 is 4.42 Å². The Morgan fingerprint density at radius 1 is 1.07 bits per heavy atom. The number of halogens is 1. The third-order valence-electron chi connectivity index (χ3n) is 1.69. The number of nitrogens with zero attached hydrogens (tertiary/aromatic N) is 1. The minimum absolute atomic E-state index is 0.715. The molecule has 0 spiro atoms. The lowest BCUT2D eigenvalue weighted by Gasteiger charge is -1.89. The van der Waals surface area contributed by atoms with Gasteiger partial charge in [-0.1, -0.05) is 18.2 Å². The van der Waals surface area contributed by atoms with E-state index >= 15 is 0 Å². The van der Waals surface area contributed by atoms with Crippen LogP contribution in [0, 0.1) is 0 Å². The summed E-state index contributed by atoms with van der Waals surface area (Å²) in [7, 11) is 0. The van der Waals surface area contributed by atoms with Crippen molar-refractivity contribution in [3.63, 3.8) is 0 Å². The molecule has 1 heterocycles. The molecule has 0 bridgehead atoms. The number of hydrogen-bond acceptors (Lipinski definition) is 2. The maximum absolute atomic E-state index is 5.27. The third-order valence-corrected chi connectivity index (χ3v) is 2.12. The summed E-state index contributed by atoms with van der Waals surface area (Å²) >= 11 is 3.23. The van der Waals surface area contributed by atoms with Crippen molar-refractivity contribution in [1.29, 1.82) is 0 Å². The van der Waals surface area contributed by atoms with E-state index in [2.05, 4.69) is 20.9 Å². The van der Waals surface area contributed by atoms with Crippen molar-refractivity contribution < 1.29 is 4.42 Å². The fourth-order valence-corrected chi connectivity index (χ4v) is 1.37. The maximum Gasteiger partial charge on any atom is 0.169 e. The largest absolute Gasteiger partial charge is 0.448 e. The first-order valence-corrected chi connectivity index (χ1v) is 4.98. The van der Waals surface area contributed by atoms with Crippen molar-refractivity contribution >= 4 is 27.8 Å². The third kappa shape index (κ3) is 2.33. The molecule has 0 aliphatic heterocycles. The zero-order chi connectivity index (χ0) is 9.80. The molecule has 0 radical (unpaired) electrons. The van der Waals surface area contributed by atoms with Gasteiger partial charge in [-0.05, 0) is 40.2 Å². The van der Waals surface area contributed by atoms with E-state index in [-0.39, 0.29) is 0 Å². The van der Waals surface area contributed by atoms with Gasteiger partial charge in [-0.3, -0.25) is 4.99 Å². The lowest BCUT2D eigenvalue weighted by Crippen LogP contribution is -1.72. The molecule has 0 atom stereocenters. The van der Waals surface area contributed by atoms with Gasteiger partial charge in [-0.2, -0.15) is 0 Å². The predicted molar refractivity (Wildman–Crippen MR) is 60.1 cm³/mol.